The summed E-state index contributed by atoms with van der Waals surface area (Å²) in [7, 11) is 0. The van der Waals surface area contributed by atoms with Gasteiger partial charge in [0.1, 0.15) is 11.2 Å². The first kappa shape index (κ1) is 37.2. The molecule has 0 saturated heterocycles. The molecule has 0 fully saturated rings. The van der Waals surface area contributed by atoms with Crippen LogP contribution in [-0.4, -0.2) is 19.5 Å². The molecule has 306 valence electrons. The molecule has 3 heterocycles. The molecule has 0 saturated carbocycles. The van der Waals surface area contributed by atoms with E-state index in [-0.39, 0.29) is 5.41 Å². The van der Waals surface area contributed by atoms with Crippen LogP contribution < -0.4 is 0 Å². The maximum Gasteiger partial charge on any atom is 0.164 e. The van der Waals surface area contributed by atoms with Gasteiger partial charge in [-0.05, 0) is 75.8 Å². The Kier molecular flexibility index (Phi) is 8.18. The molecule has 0 atom stereocenters. The number of hydrogen-bond acceptors (Lipinski definition) is 4. The molecule has 0 spiro atoms. The van der Waals surface area contributed by atoms with Crippen LogP contribution in [0.5, 0.6) is 0 Å². The fraction of sp³-hybridized carbons (Fsp3) is 0.0500. The zero-order valence-corrected chi connectivity index (χ0v) is 35.8. The van der Waals surface area contributed by atoms with E-state index in [2.05, 4.69) is 164 Å². The SMILES string of the molecule is CC1(C)c2ccccc2-c2cc3c4cc(-c5cccc6c5oc5c(-c7cccc(-c8nc(-c9ccccc9)nc(-c9ccccc9)n8)c7)cccc56)ccc4n(-c4ccccc4)c3cc21. The molecule has 0 bridgehead atoms. The quantitative estimate of drug-likeness (QED) is 0.167. The van der Waals surface area contributed by atoms with Crippen LogP contribution in [0.2, 0.25) is 0 Å². The van der Waals surface area contributed by atoms with Crippen molar-refractivity contribution in [1.29, 1.82) is 0 Å². The largest absolute Gasteiger partial charge is 0.455 e. The van der Waals surface area contributed by atoms with Gasteiger partial charge in [-0.25, -0.2) is 15.0 Å². The van der Waals surface area contributed by atoms with Gasteiger partial charge in [0.25, 0.3) is 0 Å². The van der Waals surface area contributed by atoms with Crippen LogP contribution >= 0.6 is 0 Å². The van der Waals surface area contributed by atoms with Crippen molar-refractivity contribution in [2.45, 2.75) is 19.3 Å². The van der Waals surface area contributed by atoms with Crippen LogP contribution in [-0.2, 0) is 5.41 Å². The summed E-state index contributed by atoms with van der Waals surface area (Å²) in [6.45, 7) is 4.71. The highest BCUT2D eigenvalue weighted by atomic mass is 16.3. The fourth-order valence-electron chi connectivity index (χ4n) is 10.3. The molecule has 0 unspecified atom stereocenters. The summed E-state index contributed by atoms with van der Waals surface area (Å²) in [6, 6.07) is 73.0. The Bertz CT molecular complexity index is 3790. The second-order valence-corrected chi connectivity index (χ2v) is 17.6. The predicted octanol–water partition coefficient (Wildman–Crippen LogP) is 15.5. The molecule has 0 aliphatic heterocycles. The second kappa shape index (κ2) is 14.3. The Morgan fingerprint density at radius 2 is 0.862 bits per heavy atom. The number of furan rings is 1. The highest BCUT2D eigenvalue weighted by molar-refractivity contribution is 6.16. The molecule has 12 aromatic rings. The van der Waals surface area contributed by atoms with E-state index in [0.717, 1.165) is 66.6 Å². The molecule has 1 aliphatic rings. The van der Waals surface area contributed by atoms with Crippen molar-refractivity contribution in [1.82, 2.24) is 19.5 Å². The molecule has 1 aliphatic carbocycles. The van der Waals surface area contributed by atoms with Crippen LogP contribution in [0, 0.1) is 0 Å². The van der Waals surface area contributed by atoms with Gasteiger partial charge in [-0.2, -0.15) is 0 Å². The summed E-state index contributed by atoms with van der Waals surface area (Å²) >= 11 is 0. The van der Waals surface area contributed by atoms with Gasteiger partial charge in [0.2, 0.25) is 0 Å². The minimum Gasteiger partial charge on any atom is -0.455 e. The molecule has 9 aromatic carbocycles. The molecule has 0 N–H and O–H groups in total. The number of aromatic nitrogens is 4. The van der Waals surface area contributed by atoms with Crippen molar-refractivity contribution >= 4 is 43.7 Å². The van der Waals surface area contributed by atoms with Crippen molar-refractivity contribution in [3.05, 3.63) is 217 Å². The topological polar surface area (TPSA) is 56.7 Å². The average molecular weight is 833 g/mol. The first-order valence-electron chi connectivity index (χ1n) is 22.2. The van der Waals surface area contributed by atoms with Gasteiger partial charge in [0, 0.05) is 60.5 Å². The minimum atomic E-state index is -0.106. The van der Waals surface area contributed by atoms with E-state index in [0.29, 0.717) is 17.5 Å². The van der Waals surface area contributed by atoms with Gasteiger partial charge >= 0.3 is 0 Å². The second-order valence-electron chi connectivity index (χ2n) is 17.6. The van der Waals surface area contributed by atoms with Crippen LogP contribution in [0.3, 0.4) is 0 Å². The Morgan fingerprint density at radius 1 is 0.354 bits per heavy atom. The number of nitrogens with zero attached hydrogens (tertiary/aromatic N) is 4. The Balaban J connectivity index is 0.961. The lowest BCUT2D eigenvalue weighted by atomic mass is 9.82. The molecule has 3 aromatic heterocycles. The third-order valence-corrected chi connectivity index (χ3v) is 13.4. The zero-order valence-electron chi connectivity index (χ0n) is 35.8. The minimum absolute atomic E-state index is 0.106. The summed E-state index contributed by atoms with van der Waals surface area (Å²) in [5.41, 5.74) is 17.5. The first-order chi connectivity index (χ1) is 32.0. The third kappa shape index (κ3) is 5.82. The molecule has 65 heavy (non-hydrogen) atoms. The Hall–Kier alpha value is -8.41. The van der Waals surface area contributed by atoms with E-state index in [1.165, 1.54) is 44.1 Å². The molecular formula is C60H40N4O. The van der Waals surface area contributed by atoms with E-state index in [4.69, 9.17) is 19.4 Å². The summed E-state index contributed by atoms with van der Waals surface area (Å²) in [5.74, 6) is 1.88. The van der Waals surface area contributed by atoms with Crippen molar-refractivity contribution in [2.24, 2.45) is 0 Å². The van der Waals surface area contributed by atoms with E-state index in [9.17, 15) is 0 Å². The predicted molar refractivity (Wildman–Crippen MR) is 266 cm³/mol. The van der Waals surface area contributed by atoms with Gasteiger partial charge < -0.3 is 8.98 Å². The van der Waals surface area contributed by atoms with Crippen molar-refractivity contribution in [3.8, 4) is 73.2 Å². The van der Waals surface area contributed by atoms with Crippen LogP contribution in [0.1, 0.15) is 25.0 Å². The molecule has 5 nitrogen and oxygen atoms in total. The Morgan fingerprint density at radius 3 is 1.52 bits per heavy atom. The lowest BCUT2D eigenvalue weighted by molar-refractivity contribution is 0.661. The van der Waals surface area contributed by atoms with E-state index < -0.39 is 0 Å². The number of rotatable bonds is 6. The first-order valence-corrected chi connectivity index (χ1v) is 22.2. The monoisotopic (exact) mass is 832 g/mol. The number of para-hydroxylation sites is 3. The average Bonchev–Trinajstić information content (AvgIpc) is 3.99. The highest BCUT2D eigenvalue weighted by Gasteiger charge is 2.36. The van der Waals surface area contributed by atoms with E-state index >= 15 is 0 Å². The smallest absolute Gasteiger partial charge is 0.164 e. The number of hydrogen-bond donors (Lipinski definition) is 0. The molecule has 0 radical (unpaired) electrons. The van der Waals surface area contributed by atoms with Crippen molar-refractivity contribution in [3.63, 3.8) is 0 Å². The summed E-state index contributed by atoms with van der Waals surface area (Å²) in [4.78, 5) is 15.0. The van der Waals surface area contributed by atoms with Crippen molar-refractivity contribution in [2.75, 3.05) is 0 Å². The lowest BCUT2D eigenvalue weighted by Gasteiger charge is -2.21. The Labute approximate surface area is 376 Å². The molecular weight excluding hydrogens is 793 g/mol. The summed E-state index contributed by atoms with van der Waals surface area (Å²) < 4.78 is 9.50. The maximum atomic E-state index is 7.07. The van der Waals surface area contributed by atoms with Gasteiger partial charge in [-0.15, -0.1) is 0 Å². The standard InChI is InChI=1S/C60H40N4O/c1-60(2)51-30-13-12-25-45(51)48-35-50-49-34-40(31-32-53(49)64(54(50)36-52(48)60)42-23-10-5-11-24-42)44-27-16-29-47-46-28-15-26-43(55(46)65-56(44)47)39-21-14-22-41(33-39)59-62-57(37-17-6-3-7-18-37)61-58(63-59)38-19-8-4-9-20-38/h3-36H,1-2H3. The number of fused-ring (bicyclic) bond motifs is 9. The normalized spacial score (nSPS) is 12.9. The van der Waals surface area contributed by atoms with Gasteiger partial charge in [0.05, 0.1) is 11.0 Å². The van der Waals surface area contributed by atoms with Gasteiger partial charge in [0.15, 0.2) is 17.5 Å². The van der Waals surface area contributed by atoms with E-state index in [1.54, 1.807) is 0 Å². The van der Waals surface area contributed by atoms with Crippen LogP contribution in [0.4, 0.5) is 0 Å². The zero-order chi connectivity index (χ0) is 43.2. The molecule has 13 rings (SSSR count). The molecule has 0 amide bonds. The lowest BCUT2D eigenvalue weighted by Crippen LogP contribution is -2.14. The number of benzene rings is 9. The van der Waals surface area contributed by atoms with Gasteiger partial charge in [-0.1, -0.05) is 178 Å². The maximum absolute atomic E-state index is 7.07. The summed E-state index contributed by atoms with van der Waals surface area (Å²) in [5, 5.41) is 4.60. The summed E-state index contributed by atoms with van der Waals surface area (Å²) in [6.07, 6.45) is 0. The highest BCUT2D eigenvalue weighted by Crippen LogP contribution is 2.51. The fourth-order valence-corrected chi connectivity index (χ4v) is 10.3. The van der Waals surface area contributed by atoms with Gasteiger partial charge in [-0.3, -0.25) is 0 Å². The third-order valence-electron chi connectivity index (χ3n) is 13.4. The van der Waals surface area contributed by atoms with E-state index in [1.807, 2.05) is 60.7 Å². The van der Waals surface area contributed by atoms with Crippen molar-refractivity contribution < 1.29 is 4.42 Å². The van der Waals surface area contributed by atoms with Crippen LogP contribution in [0.15, 0.2) is 211 Å². The van der Waals surface area contributed by atoms with Crippen LogP contribution in [0.25, 0.3) is 117 Å². The molecule has 5 heteroatoms.